The molecule has 3 heteroatoms. The zero-order valence-electron chi connectivity index (χ0n) is 8.42. The van der Waals surface area contributed by atoms with Crippen molar-refractivity contribution in [3.8, 4) is 0 Å². The number of aliphatic hydroxyl groups excluding tert-OH is 1. The van der Waals surface area contributed by atoms with Crippen LogP contribution in [0.5, 0.6) is 0 Å². The minimum Gasteiger partial charge on any atom is -0.383 e. The van der Waals surface area contributed by atoms with Gasteiger partial charge >= 0.3 is 0 Å². The molecule has 0 aliphatic heterocycles. The summed E-state index contributed by atoms with van der Waals surface area (Å²) in [4.78, 5) is 11.4. The van der Waals surface area contributed by atoms with Crippen LogP contribution in [0, 0.1) is 5.92 Å². The Morgan fingerprint density at radius 3 is 2.38 bits per heavy atom. The molecular weight excluding hydrogens is 166 g/mol. The number of amides is 1. The second-order valence-corrected chi connectivity index (χ2v) is 4.18. The minimum absolute atomic E-state index is 0.00130. The molecule has 1 atom stereocenters. The van der Waals surface area contributed by atoms with Gasteiger partial charge in [0.2, 0.25) is 5.91 Å². The number of rotatable bonds is 3. The average Bonchev–Trinajstić information content (AvgIpc) is 2.55. The SMILES string of the molecule is CC(C)C(O)C(=O)NC1CCCC1. The molecule has 1 rings (SSSR count). The molecule has 1 aliphatic rings. The van der Waals surface area contributed by atoms with Crippen LogP contribution in [-0.2, 0) is 4.79 Å². The molecule has 3 nitrogen and oxygen atoms in total. The Kier molecular flexibility index (Phi) is 3.72. The highest BCUT2D eigenvalue weighted by Gasteiger charge is 2.23. The van der Waals surface area contributed by atoms with Gasteiger partial charge in [-0.15, -0.1) is 0 Å². The number of hydrogen-bond acceptors (Lipinski definition) is 2. The number of hydrogen-bond donors (Lipinski definition) is 2. The molecule has 0 aromatic carbocycles. The van der Waals surface area contributed by atoms with E-state index in [1.807, 2.05) is 13.8 Å². The van der Waals surface area contributed by atoms with Gasteiger partial charge in [-0.3, -0.25) is 4.79 Å². The van der Waals surface area contributed by atoms with Crippen LogP contribution in [0.2, 0.25) is 0 Å². The zero-order valence-corrected chi connectivity index (χ0v) is 8.42. The second-order valence-electron chi connectivity index (χ2n) is 4.18. The molecule has 0 saturated heterocycles. The summed E-state index contributed by atoms with van der Waals surface area (Å²) in [6.07, 6.45) is 3.68. The van der Waals surface area contributed by atoms with E-state index in [0.717, 1.165) is 12.8 Å². The Bertz CT molecular complexity index is 174. The zero-order chi connectivity index (χ0) is 9.84. The molecule has 0 heterocycles. The largest absolute Gasteiger partial charge is 0.383 e. The first-order valence-electron chi connectivity index (χ1n) is 5.09. The van der Waals surface area contributed by atoms with Crippen LogP contribution in [0.25, 0.3) is 0 Å². The Hall–Kier alpha value is -0.570. The van der Waals surface area contributed by atoms with Crippen LogP contribution < -0.4 is 5.32 Å². The third kappa shape index (κ3) is 2.99. The second kappa shape index (κ2) is 4.61. The highest BCUT2D eigenvalue weighted by molar-refractivity contribution is 5.81. The monoisotopic (exact) mass is 185 g/mol. The fourth-order valence-electron chi connectivity index (χ4n) is 1.66. The molecule has 0 aromatic heterocycles. The van der Waals surface area contributed by atoms with E-state index in [4.69, 9.17) is 0 Å². The lowest BCUT2D eigenvalue weighted by atomic mass is 10.1. The highest BCUT2D eigenvalue weighted by atomic mass is 16.3. The molecule has 76 valence electrons. The fraction of sp³-hybridized carbons (Fsp3) is 0.900. The number of nitrogens with one attached hydrogen (secondary N) is 1. The molecule has 1 aliphatic carbocycles. The fourth-order valence-corrected chi connectivity index (χ4v) is 1.66. The van der Waals surface area contributed by atoms with Crippen LogP contribution >= 0.6 is 0 Å². The third-order valence-electron chi connectivity index (χ3n) is 2.60. The van der Waals surface area contributed by atoms with Crippen LogP contribution in [0.15, 0.2) is 0 Å². The topological polar surface area (TPSA) is 49.3 Å². The van der Waals surface area contributed by atoms with Gasteiger partial charge in [-0.25, -0.2) is 0 Å². The normalized spacial score (nSPS) is 20.6. The molecule has 0 aromatic rings. The first-order chi connectivity index (χ1) is 6.11. The van der Waals surface area contributed by atoms with E-state index < -0.39 is 6.10 Å². The summed E-state index contributed by atoms with van der Waals surface area (Å²) in [6, 6.07) is 0.306. The predicted molar refractivity (Wildman–Crippen MR) is 51.2 cm³/mol. The van der Waals surface area contributed by atoms with Gasteiger partial charge in [-0.2, -0.15) is 0 Å². The molecule has 0 radical (unpaired) electrons. The molecule has 2 N–H and O–H groups in total. The van der Waals surface area contributed by atoms with Crippen molar-refractivity contribution in [3.05, 3.63) is 0 Å². The van der Waals surface area contributed by atoms with E-state index >= 15 is 0 Å². The third-order valence-corrected chi connectivity index (χ3v) is 2.60. The van der Waals surface area contributed by atoms with E-state index in [2.05, 4.69) is 5.32 Å². The molecular formula is C10H19NO2. The summed E-state index contributed by atoms with van der Waals surface area (Å²) in [5, 5.41) is 12.3. The van der Waals surface area contributed by atoms with E-state index in [9.17, 15) is 9.90 Å². The molecule has 0 spiro atoms. The van der Waals surface area contributed by atoms with Crippen molar-refractivity contribution in [1.82, 2.24) is 5.32 Å². The van der Waals surface area contributed by atoms with Crippen molar-refractivity contribution in [2.45, 2.75) is 51.7 Å². The summed E-state index contributed by atoms with van der Waals surface area (Å²) in [7, 11) is 0. The summed E-state index contributed by atoms with van der Waals surface area (Å²) in [5.41, 5.74) is 0. The Labute approximate surface area is 79.5 Å². The molecule has 1 unspecified atom stereocenters. The van der Waals surface area contributed by atoms with Crippen molar-refractivity contribution < 1.29 is 9.90 Å². The minimum atomic E-state index is -0.847. The molecule has 13 heavy (non-hydrogen) atoms. The first kappa shape index (κ1) is 10.5. The van der Waals surface area contributed by atoms with Crippen molar-refractivity contribution in [1.29, 1.82) is 0 Å². The lowest BCUT2D eigenvalue weighted by molar-refractivity contribution is -0.132. The highest BCUT2D eigenvalue weighted by Crippen LogP contribution is 2.17. The van der Waals surface area contributed by atoms with Gasteiger partial charge in [0.1, 0.15) is 6.10 Å². The molecule has 0 bridgehead atoms. The van der Waals surface area contributed by atoms with E-state index in [0.29, 0.717) is 6.04 Å². The van der Waals surface area contributed by atoms with Gasteiger partial charge in [0.15, 0.2) is 0 Å². The maximum absolute atomic E-state index is 11.4. The Balaban J connectivity index is 2.31. The smallest absolute Gasteiger partial charge is 0.249 e. The summed E-state index contributed by atoms with van der Waals surface area (Å²) < 4.78 is 0. The van der Waals surface area contributed by atoms with E-state index in [-0.39, 0.29) is 11.8 Å². The number of aliphatic hydroxyl groups is 1. The van der Waals surface area contributed by atoms with Crippen molar-refractivity contribution in [3.63, 3.8) is 0 Å². The van der Waals surface area contributed by atoms with Crippen LogP contribution in [0.1, 0.15) is 39.5 Å². The van der Waals surface area contributed by atoms with E-state index in [1.54, 1.807) is 0 Å². The van der Waals surface area contributed by atoms with Gasteiger partial charge in [-0.05, 0) is 18.8 Å². The molecule has 1 amide bonds. The molecule has 1 saturated carbocycles. The maximum atomic E-state index is 11.4. The summed E-state index contributed by atoms with van der Waals surface area (Å²) >= 11 is 0. The molecule has 1 fully saturated rings. The van der Waals surface area contributed by atoms with Gasteiger partial charge in [-0.1, -0.05) is 26.7 Å². The van der Waals surface area contributed by atoms with Crippen molar-refractivity contribution in [2.24, 2.45) is 5.92 Å². The van der Waals surface area contributed by atoms with Crippen molar-refractivity contribution in [2.75, 3.05) is 0 Å². The van der Waals surface area contributed by atoms with Crippen LogP contribution in [0.3, 0.4) is 0 Å². The summed E-state index contributed by atoms with van der Waals surface area (Å²) in [5.74, 6) is -0.205. The lowest BCUT2D eigenvalue weighted by Gasteiger charge is -2.17. The van der Waals surface area contributed by atoms with Crippen molar-refractivity contribution >= 4 is 5.91 Å². The first-order valence-corrected chi connectivity index (χ1v) is 5.09. The number of carbonyl (C=O) groups excluding carboxylic acids is 1. The standard InChI is InChI=1S/C10H19NO2/c1-7(2)9(12)10(13)11-8-5-3-4-6-8/h7-9,12H,3-6H2,1-2H3,(H,11,13). The predicted octanol–water partition coefficient (Wildman–Crippen LogP) is 1.06. The van der Waals surface area contributed by atoms with Gasteiger partial charge < -0.3 is 10.4 Å². The van der Waals surface area contributed by atoms with Crippen LogP contribution in [-0.4, -0.2) is 23.2 Å². The number of carbonyl (C=O) groups is 1. The lowest BCUT2D eigenvalue weighted by Crippen LogP contribution is -2.42. The quantitative estimate of drug-likeness (QED) is 0.690. The Morgan fingerprint density at radius 1 is 1.38 bits per heavy atom. The van der Waals surface area contributed by atoms with Gasteiger partial charge in [0.25, 0.3) is 0 Å². The Morgan fingerprint density at radius 2 is 1.92 bits per heavy atom. The average molecular weight is 185 g/mol. The summed E-state index contributed by atoms with van der Waals surface area (Å²) in [6.45, 7) is 3.69. The van der Waals surface area contributed by atoms with Gasteiger partial charge in [0, 0.05) is 6.04 Å². The maximum Gasteiger partial charge on any atom is 0.249 e. The van der Waals surface area contributed by atoms with Crippen LogP contribution in [0.4, 0.5) is 0 Å². The van der Waals surface area contributed by atoms with Gasteiger partial charge in [0.05, 0.1) is 0 Å². The van der Waals surface area contributed by atoms with E-state index in [1.165, 1.54) is 12.8 Å².